The predicted octanol–water partition coefficient (Wildman–Crippen LogP) is 5.05. The van der Waals surface area contributed by atoms with E-state index in [4.69, 9.17) is 4.52 Å². The average Bonchev–Trinajstić information content (AvgIpc) is 3.52. The van der Waals surface area contributed by atoms with Gasteiger partial charge in [-0.2, -0.15) is 0 Å². The molecule has 0 bridgehead atoms. The molecule has 7 heteroatoms. The number of carbonyl (C=O) groups is 1. The number of benzene rings is 1. The van der Waals surface area contributed by atoms with E-state index in [9.17, 15) is 9.18 Å². The zero-order valence-electron chi connectivity index (χ0n) is 19.1. The first-order chi connectivity index (χ1) is 16.1. The first-order valence-electron chi connectivity index (χ1n) is 12.2. The molecule has 0 spiro atoms. The Kier molecular flexibility index (Phi) is 5.49. The summed E-state index contributed by atoms with van der Waals surface area (Å²) in [6.07, 6.45) is 6.37. The highest BCUT2D eigenvalue weighted by Gasteiger charge is 2.35. The maximum absolute atomic E-state index is 13.5. The standard InChI is InChI=1S/C26H30FN3O2S/c1-16-20(21-9-13-30(15-24(21)33-16)26(31)18-2-3-18)8-12-29-10-6-17(7-11-29)25-22-5-4-19(27)14-23(22)32-28-25/h4-5,14,17-18H,2-3,6-13,15H2,1H3. The fourth-order valence-corrected chi connectivity index (χ4v) is 6.92. The largest absolute Gasteiger partial charge is 0.356 e. The quantitative estimate of drug-likeness (QED) is 0.527. The number of halogens is 1. The van der Waals surface area contributed by atoms with E-state index in [1.807, 2.05) is 11.3 Å². The molecule has 0 radical (unpaired) electrons. The average molecular weight is 468 g/mol. The Balaban J connectivity index is 1.06. The van der Waals surface area contributed by atoms with Gasteiger partial charge in [-0.3, -0.25) is 4.79 Å². The van der Waals surface area contributed by atoms with Crippen molar-refractivity contribution in [1.82, 2.24) is 15.0 Å². The van der Waals surface area contributed by atoms with Gasteiger partial charge >= 0.3 is 0 Å². The Morgan fingerprint density at radius 3 is 2.82 bits per heavy atom. The minimum Gasteiger partial charge on any atom is -0.356 e. The molecule has 6 rings (SSSR count). The van der Waals surface area contributed by atoms with Gasteiger partial charge in [-0.05, 0) is 81.8 Å². The van der Waals surface area contributed by atoms with Crippen molar-refractivity contribution in [2.45, 2.75) is 57.9 Å². The van der Waals surface area contributed by atoms with Gasteiger partial charge in [-0.15, -0.1) is 11.3 Å². The van der Waals surface area contributed by atoms with Gasteiger partial charge in [0.15, 0.2) is 5.58 Å². The van der Waals surface area contributed by atoms with Gasteiger partial charge in [0.25, 0.3) is 0 Å². The van der Waals surface area contributed by atoms with Crippen LogP contribution in [0.15, 0.2) is 22.7 Å². The Hall–Kier alpha value is -2.25. The monoisotopic (exact) mass is 467 g/mol. The predicted molar refractivity (Wildman–Crippen MR) is 127 cm³/mol. The van der Waals surface area contributed by atoms with Crippen LogP contribution in [0, 0.1) is 18.7 Å². The number of carbonyl (C=O) groups excluding carboxylic acids is 1. The molecule has 1 saturated heterocycles. The van der Waals surface area contributed by atoms with Crippen LogP contribution in [0.1, 0.15) is 58.2 Å². The maximum Gasteiger partial charge on any atom is 0.226 e. The lowest BCUT2D eigenvalue weighted by molar-refractivity contribution is -0.133. The molecule has 1 aliphatic carbocycles. The van der Waals surface area contributed by atoms with E-state index in [1.165, 1.54) is 33.0 Å². The molecule has 4 heterocycles. The van der Waals surface area contributed by atoms with Gasteiger partial charge in [0.05, 0.1) is 12.2 Å². The van der Waals surface area contributed by atoms with E-state index >= 15 is 0 Å². The van der Waals surface area contributed by atoms with Gasteiger partial charge < -0.3 is 14.3 Å². The third-order valence-corrected chi connectivity index (χ3v) is 8.90. The molecular weight excluding hydrogens is 437 g/mol. The van der Waals surface area contributed by atoms with Gasteiger partial charge in [0.1, 0.15) is 5.82 Å². The Labute approximate surface area is 197 Å². The lowest BCUT2D eigenvalue weighted by Gasteiger charge is -2.31. The van der Waals surface area contributed by atoms with Crippen molar-refractivity contribution < 1.29 is 13.7 Å². The fraction of sp³-hybridized carbons (Fsp3) is 0.538. The number of fused-ring (bicyclic) bond motifs is 2. The first kappa shape index (κ1) is 21.3. The van der Waals surface area contributed by atoms with Crippen LogP contribution in [0.4, 0.5) is 4.39 Å². The summed E-state index contributed by atoms with van der Waals surface area (Å²) in [7, 11) is 0. The van der Waals surface area contributed by atoms with Crippen LogP contribution in [0.5, 0.6) is 0 Å². The van der Waals surface area contributed by atoms with Crippen molar-refractivity contribution >= 4 is 28.2 Å². The molecule has 0 unspecified atom stereocenters. The van der Waals surface area contributed by atoms with Gasteiger partial charge in [0, 0.05) is 46.1 Å². The summed E-state index contributed by atoms with van der Waals surface area (Å²) in [6.45, 7) is 7.12. The number of hydrogen-bond acceptors (Lipinski definition) is 5. The highest BCUT2D eigenvalue weighted by Crippen LogP contribution is 2.37. The number of likely N-dealkylation sites (tertiary alicyclic amines) is 1. The highest BCUT2D eigenvalue weighted by molar-refractivity contribution is 7.12. The van der Waals surface area contributed by atoms with Crippen LogP contribution >= 0.6 is 11.3 Å². The van der Waals surface area contributed by atoms with Crippen molar-refractivity contribution in [1.29, 1.82) is 0 Å². The first-order valence-corrected chi connectivity index (χ1v) is 13.0. The molecular formula is C26H30FN3O2S. The number of hydrogen-bond donors (Lipinski definition) is 0. The molecule has 1 saturated carbocycles. The maximum atomic E-state index is 13.5. The molecule has 174 valence electrons. The third kappa shape index (κ3) is 4.10. The summed E-state index contributed by atoms with van der Waals surface area (Å²) in [5, 5.41) is 5.23. The lowest BCUT2D eigenvalue weighted by atomic mass is 9.91. The van der Waals surface area contributed by atoms with Crippen molar-refractivity contribution in [3.8, 4) is 0 Å². The second-order valence-electron chi connectivity index (χ2n) is 9.90. The SMILES string of the molecule is Cc1sc2c(c1CCN1CCC(c3noc4cc(F)ccc34)CC1)CCN(C(=O)C1CC1)C2. The van der Waals surface area contributed by atoms with Crippen LogP contribution < -0.4 is 0 Å². The van der Waals surface area contributed by atoms with Gasteiger partial charge in [-0.1, -0.05) is 5.16 Å². The van der Waals surface area contributed by atoms with E-state index in [2.05, 4.69) is 21.9 Å². The zero-order chi connectivity index (χ0) is 22.5. The zero-order valence-corrected chi connectivity index (χ0v) is 19.9. The van der Waals surface area contributed by atoms with Crippen molar-refractivity contribution in [2.75, 3.05) is 26.2 Å². The molecule has 5 nitrogen and oxygen atoms in total. The summed E-state index contributed by atoms with van der Waals surface area (Å²) in [4.78, 5) is 20.0. The van der Waals surface area contributed by atoms with Gasteiger partial charge in [0.2, 0.25) is 5.91 Å². The van der Waals surface area contributed by atoms with E-state index < -0.39 is 0 Å². The number of amides is 1. The molecule has 3 aliphatic rings. The molecule has 0 atom stereocenters. The number of aryl methyl sites for hydroxylation is 1. The normalized spacial score (nSPS) is 19.9. The minimum absolute atomic E-state index is 0.284. The molecule has 2 aromatic heterocycles. The minimum atomic E-state index is -0.284. The van der Waals surface area contributed by atoms with E-state index in [0.29, 0.717) is 23.3 Å². The topological polar surface area (TPSA) is 49.6 Å². The molecule has 33 heavy (non-hydrogen) atoms. The number of thiophene rings is 1. The molecule has 2 aliphatic heterocycles. The molecule has 0 N–H and O–H groups in total. The summed E-state index contributed by atoms with van der Waals surface area (Å²) in [6, 6.07) is 4.71. The number of aromatic nitrogens is 1. The van der Waals surface area contributed by atoms with Crippen molar-refractivity contribution in [3.63, 3.8) is 0 Å². The highest BCUT2D eigenvalue weighted by atomic mass is 32.1. The third-order valence-electron chi connectivity index (χ3n) is 7.72. The van der Waals surface area contributed by atoms with E-state index in [1.54, 1.807) is 6.07 Å². The second-order valence-corrected chi connectivity index (χ2v) is 11.2. The number of nitrogens with zero attached hydrogens (tertiary/aromatic N) is 3. The summed E-state index contributed by atoms with van der Waals surface area (Å²) < 4.78 is 18.8. The molecule has 2 fully saturated rings. The van der Waals surface area contributed by atoms with Crippen LogP contribution in [0.3, 0.4) is 0 Å². The summed E-state index contributed by atoms with van der Waals surface area (Å²) in [5.74, 6) is 0.777. The second kappa shape index (κ2) is 8.51. The van der Waals surface area contributed by atoms with E-state index in [-0.39, 0.29) is 5.82 Å². The summed E-state index contributed by atoms with van der Waals surface area (Å²) >= 11 is 1.90. The lowest BCUT2D eigenvalue weighted by Crippen LogP contribution is -2.37. The number of piperidine rings is 1. The van der Waals surface area contributed by atoms with Crippen LogP contribution in [-0.2, 0) is 24.2 Å². The van der Waals surface area contributed by atoms with Crippen LogP contribution in [-0.4, -0.2) is 47.0 Å². The molecule has 3 aromatic rings. The Bertz CT molecular complexity index is 1190. The van der Waals surface area contributed by atoms with Crippen LogP contribution in [0.25, 0.3) is 11.0 Å². The van der Waals surface area contributed by atoms with Crippen LogP contribution in [0.2, 0.25) is 0 Å². The molecule has 1 amide bonds. The fourth-order valence-electron chi connectivity index (χ4n) is 5.63. The Morgan fingerprint density at radius 2 is 2.03 bits per heavy atom. The molecule has 1 aromatic carbocycles. The summed E-state index contributed by atoms with van der Waals surface area (Å²) in [5.41, 5.74) is 4.58. The van der Waals surface area contributed by atoms with E-state index in [0.717, 1.165) is 82.3 Å². The van der Waals surface area contributed by atoms with Crippen molar-refractivity contribution in [2.24, 2.45) is 5.92 Å². The van der Waals surface area contributed by atoms with Gasteiger partial charge in [-0.25, -0.2) is 4.39 Å². The smallest absolute Gasteiger partial charge is 0.226 e. The van der Waals surface area contributed by atoms with Crippen molar-refractivity contribution in [3.05, 3.63) is 50.6 Å². The Morgan fingerprint density at radius 1 is 1.21 bits per heavy atom. The number of rotatable bonds is 5.